The minimum Gasteiger partial charge on any atom is -0.392 e. The van der Waals surface area contributed by atoms with Crippen LogP contribution in [0.2, 0.25) is 5.02 Å². The van der Waals surface area contributed by atoms with Crippen molar-refractivity contribution in [1.29, 1.82) is 0 Å². The number of benzene rings is 1. The van der Waals surface area contributed by atoms with Crippen molar-refractivity contribution >= 4 is 21.6 Å². The lowest BCUT2D eigenvalue weighted by Gasteiger charge is -2.17. The van der Waals surface area contributed by atoms with Gasteiger partial charge in [0.2, 0.25) is 10.0 Å². The number of aliphatic hydroxyl groups is 1. The molecule has 0 aliphatic carbocycles. The molecule has 1 fully saturated rings. The Morgan fingerprint density at radius 2 is 2.20 bits per heavy atom. The Bertz CT molecular complexity index is 606. The van der Waals surface area contributed by atoms with Gasteiger partial charge in [0.25, 0.3) is 0 Å². The molecule has 1 aliphatic rings. The zero-order chi connectivity index (χ0) is 14.9. The van der Waals surface area contributed by atoms with Gasteiger partial charge >= 0.3 is 0 Å². The van der Waals surface area contributed by atoms with Gasteiger partial charge in [-0.15, -0.1) is 0 Å². The van der Waals surface area contributed by atoms with Gasteiger partial charge < -0.3 is 5.11 Å². The molecule has 20 heavy (non-hydrogen) atoms. The Morgan fingerprint density at radius 1 is 1.50 bits per heavy atom. The molecule has 1 atom stereocenters. The maximum Gasteiger partial charge on any atom is 0.243 e. The van der Waals surface area contributed by atoms with Crippen molar-refractivity contribution in [3.05, 3.63) is 28.5 Å². The summed E-state index contributed by atoms with van der Waals surface area (Å²) in [6.45, 7) is 2.42. The summed E-state index contributed by atoms with van der Waals surface area (Å²) >= 11 is 5.68. The molecule has 0 radical (unpaired) electrons. The van der Waals surface area contributed by atoms with Gasteiger partial charge in [0.1, 0.15) is 5.82 Å². The van der Waals surface area contributed by atoms with Crippen LogP contribution in [0.3, 0.4) is 0 Å². The van der Waals surface area contributed by atoms with E-state index in [0.29, 0.717) is 19.0 Å². The van der Waals surface area contributed by atoms with Crippen molar-refractivity contribution < 1.29 is 17.9 Å². The summed E-state index contributed by atoms with van der Waals surface area (Å²) in [4.78, 5) is -0.153. The van der Waals surface area contributed by atoms with E-state index in [1.54, 1.807) is 0 Å². The van der Waals surface area contributed by atoms with E-state index in [-0.39, 0.29) is 15.5 Å². The molecule has 112 valence electrons. The average Bonchev–Trinajstić information content (AvgIpc) is 2.91. The lowest BCUT2D eigenvalue weighted by atomic mass is 10.1. The van der Waals surface area contributed by atoms with Crippen LogP contribution in [-0.4, -0.2) is 30.9 Å². The third-order valence-electron chi connectivity index (χ3n) is 3.71. The Hall–Kier alpha value is -0.690. The van der Waals surface area contributed by atoms with Crippen molar-refractivity contribution in [3.8, 4) is 0 Å². The van der Waals surface area contributed by atoms with E-state index in [1.165, 1.54) is 10.4 Å². The minimum atomic E-state index is -3.73. The molecule has 0 aromatic heterocycles. The van der Waals surface area contributed by atoms with Crippen molar-refractivity contribution in [1.82, 2.24) is 4.31 Å². The predicted octanol–water partition coefficient (Wildman–Crippen LogP) is 2.39. The lowest BCUT2D eigenvalue weighted by Crippen LogP contribution is -2.29. The zero-order valence-corrected chi connectivity index (χ0v) is 12.7. The third kappa shape index (κ3) is 2.83. The molecule has 1 heterocycles. The summed E-state index contributed by atoms with van der Waals surface area (Å²) in [7, 11) is -3.73. The molecule has 1 N–H and O–H groups in total. The van der Waals surface area contributed by atoms with Gasteiger partial charge in [-0.2, -0.15) is 4.31 Å². The van der Waals surface area contributed by atoms with E-state index in [0.717, 1.165) is 18.9 Å². The van der Waals surface area contributed by atoms with Gasteiger partial charge in [0.15, 0.2) is 0 Å². The Labute approximate surface area is 123 Å². The quantitative estimate of drug-likeness (QED) is 0.926. The second-order valence-electron chi connectivity index (χ2n) is 4.96. The van der Waals surface area contributed by atoms with E-state index < -0.39 is 22.4 Å². The smallest absolute Gasteiger partial charge is 0.243 e. The molecule has 4 nitrogen and oxygen atoms in total. The number of hydrogen-bond acceptors (Lipinski definition) is 3. The van der Waals surface area contributed by atoms with Crippen molar-refractivity contribution in [2.24, 2.45) is 5.92 Å². The molecule has 0 amide bonds. The van der Waals surface area contributed by atoms with Crippen LogP contribution in [0.15, 0.2) is 17.0 Å². The number of aliphatic hydroxyl groups excluding tert-OH is 1. The zero-order valence-electron chi connectivity index (χ0n) is 11.1. The van der Waals surface area contributed by atoms with Gasteiger partial charge in [-0.25, -0.2) is 12.8 Å². The van der Waals surface area contributed by atoms with Crippen LogP contribution in [0, 0.1) is 11.7 Å². The molecule has 0 saturated carbocycles. The second kappa shape index (κ2) is 5.97. The highest BCUT2D eigenvalue weighted by molar-refractivity contribution is 7.89. The summed E-state index contributed by atoms with van der Waals surface area (Å²) < 4.78 is 40.0. The van der Waals surface area contributed by atoms with Crippen LogP contribution in [0.4, 0.5) is 4.39 Å². The highest BCUT2D eigenvalue weighted by Crippen LogP contribution is 2.29. The molecule has 7 heteroatoms. The third-order valence-corrected chi connectivity index (χ3v) is 5.98. The number of halogens is 2. The average molecular weight is 322 g/mol. The van der Waals surface area contributed by atoms with Gasteiger partial charge in [-0.3, -0.25) is 0 Å². The molecule has 0 bridgehead atoms. The van der Waals surface area contributed by atoms with Crippen LogP contribution < -0.4 is 0 Å². The first kappa shape index (κ1) is 15.7. The Balaban J connectivity index is 2.38. The number of sulfonamides is 1. The SMILES string of the molecule is CCC1CCN(S(=O)(=O)c2cc(F)c(Cl)c(CO)c2)C1. The molecular weight excluding hydrogens is 305 g/mol. The topological polar surface area (TPSA) is 57.6 Å². The molecule has 1 aromatic rings. The number of rotatable bonds is 4. The van der Waals surface area contributed by atoms with Gasteiger partial charge in [-0.1, -0.05) is 24.9 Å². The van der Waals surface area contributed by atoms with E-state index in [1.807, 2.05) is 6.92 Å². The highest BCUT2D eigenvalue weighted by atomic mass is 35.5. The second-order valence-corrected chi connectivity index (χ2v) is 7.28. The lowest BCUT2D eigenvalue weighted by molar-refractivity contribution is 0.281. The number of hydrogen-bond donors (Lipinski definition) is 1. The molecule has 2 rings (SSSR count). The van der Waals surface area contributed by atoms with Crippen LogP contribution in [0.1, 0.15) is 25.3 Å². The van der Waals surface area contributed by atoms with Gasteiger partial charge in [0, 0.05) is 18.7 Å². The summed E-state index contributed by atoms with van der Waals surface area (Å²) in [6, 6.07) is 2.15. The van der Waals surface area contributed by atoms with Gasteiger partial charge in [-0.05, 0) is 24.5 Å². The largest absolute Gasteiger partial charge is 0.392 e. The Morgan fingerprint density at radius 3 is 2.75 bits per heavy atom. The maximum absolute atomic E-state index is 13.7. The molecule has 1 aliphatic heterocycles. The predicted molar refractivity (Wildman–Crippen MR) is 74.5 cm³/mol. The summed E-state index contributed by atoms with van der Waals surface area (Å²) in [5.74, 6) is -0.484. The van der Waals surface area contributed by atoms with E-state index >= 15 is 0 Å². The molecule has 1 aromatic carbocycles. The molecular formula is C13H17ClFNO3S. The maximum atomic E-state index is 13.7. The minimum absolute atomic E-state index is 0.0801. The summed E-state index contributed by atoms with van der Waals surface area (Å²) in [6.07, 6.45) is 1.74. The van der Waals surface area contributed by atoms with E-state index in [9.17, 15) is 12.8 Å². The summed E-state index contributed by atoms with van der Waals surface area (Å²) in [5.41, 5.74) is 0.0801. The standard InChI is InChI=1S/C13H17ClFNO3S/c1-2-9-3-4-16(7-9)20(18,19)11-5-10(8-17)13(14)12(15)6-11/h5-6,9,17H,2-4,7-8H2,1H3. The first-order valence-electron chi connectivity index (χ1n) is 6.49. The fraction of sp³-hybridized carbons (Fsp3) is 0.538. The van der Waals surface area contributed by atoms with Crippen LogP contribution >= 0.6 is 11.6 Å². The van der Waals surface area contributed by atoms with E-state index in [4.69, 9.17) is 16.7 Å². The Kier molecular flexibility index (Phi) is 4.69. The fourth-order valence-electron chi connectivity index (χ4n) is 2.38. The monoisotopic (exact) mass is 321 g/mol. The number of nitrogens with zero attached hydrogens (tertiary/aromatic N) is 1. The van der Waals surface area contributed by atoms with Crippen LogP contribution in [0.25, 0.3) is 0 Å². The van der Waals surface area contributed by atoms with Crippen molar-refractivity contribution in [2.45, 2.75) is 31.3 Å². The molecule has 1 saturated heterocycles. The van der Waals surface area contributed by atoms with Crippen LogP contribution in [0.5, 0.6) is 0 Å². The molecule has 0 spiro atoms. The van der Waals surface area contributed by atoms with Crippen molar-refractivity contribution in [3.63, 3.8) is 0 Å². The fourth-order valence-corrected chi connectivity index (χ4v) is 4.14. The first-order valence-corrected chi connectivity index (χ1v) is 8.30. The summed E-state index contributed by atoms with van der Waals surface area (Å²) in [5, 5.41) is 8.88. The van der Waals surface area contributed by atoms with Gasteiger partial charge in [0.05, 0.1) is 16.5 Å². The van der Waals surface area contributed by atoms with Crippen LogP contribution in [-0.2, 0) is 16.6 Å². The normalized spacial score (nSPS) is 20.5. The van der Waals surface area contributed by atoms with Crippen molar-refractivity contribution in [2.75, 3.05) is 13.1 Å². The molecule has 1 unspecified atom stereocenters. The van der Waals surface area contributed by atoms with E-state index in [2.05, 4.69) is 0 Å². The first-order chi connectivity index (χ1) is 9.40. The highest BCUT2D eigenvalue weighted by Gasteiger charge is 2.32.